The zero-order valence-electron chi connectivity index (χ0n) is 19.3. The second-order valence-corrected chi connectivity index (χ2v) is 8.81. The molecule has 0 spiro atoms. The Bertz CT molecular complexity index is 993. The number of ether oxygens (including phenoxy) is 1. The lowest BCUT2D eigenvalue weighted by Crippen LogP contribution is -2.37. The molecule has 0 radical (unpaired) electrons. The van der Waals surface area contributed by atoms with Crippen molar-refractivity contribution in [3.8, 4) is 5.75 Å². The van der Waals surface area contributed by atoms with Crippen molar-refractivity contribution in [2.45, 2.75) is 40.2 Å². The van der Waals surface area contributed by atoms with Gasteiger partial charge in [0.15, 0.2) is 0 Å². The van der Waals surface area contributed by atoms with Crippen LogP contribution in [0.4, 0.5) is 0 Å². The maximum Gasteiger partial charge on any atom is 0.295 e. The van der Waals surface area contributed by atoms with E-state index in [1.807, 2.05) is 31.4 Å². The fraction of sp³-hybridized carbons (Fsp3) is 0.440. The van der Waals surface area contributed by atoms with Gasteiger partial charge in [-0.1, -0.05) is 32.9 Å². The molecule has 32 heavy (non-hydrogen) atoms. The molecule has 0 saturated carbocycles. The number of benzene rings is 1. The van der Waals surface area contributed by atoms with Crippen LogP contribution in [0.1, 0.15) is 49.2 Å². The second-order valence-electron chi connectivity index (χ2n) is 7.86. The van der Waals surface area contributed by atoms with E-state index in [4.69, 9.17) is 4.74 Å². The van der Waals surface area contributed by atoms with Crippen LogP contribution in [0, 0.1) is 6.92 Å². The van der Waals surface area contributed by atoms with E-state index >= 15 is 0 Å². The number of likely N-dealkylation sites (N-methyl/N-ethyl adjacent to an activating group) is 1. The van der Waals surface area contributed by atoms with E-state index in [0.717, 1.165) is 30.0 Å². The van der Waals surface area contributed by atoms with Gasteiger partial charge in [-0.2, -0.15) is 0 Å². The third-order valence-corrected chi connectivity index (χ3v) is 6.89. The van der Waals surface area contributed by atoms with Crippen LogP contribution in [0.5, 0.6) is 5.75 Å². The van der Waals surface area contributed by atoms with Gasteiger partial charge in [-0.3, -0.25) is 9.59 Å². The van der Waals surface area contributed by atoms with Crippen LogP contribution in [0.15, 0.2) is 41.3 Å². The molecule has 1 amide bonds. The fourth-order valence-corrected chi connectivity index (χ4v) is 4.99. The van der Waals surface area contributed by atoms with E-state index in [9.17, 15) is 14.7 Å². The summed E-state index contributed by atoms with van der Waals surface area (Å²) in [7, 11) is 0. The largest absolute Gasteiger partial charge is 0.507 e. The molecular weight excluding hydrogens is 424 g/mol. The van der Waals surface area contributed by atoms with E-state index in [2.05, 4.69) is 18.7 Å². The highest BCUT2D eigenvalue weighted by molar-refractivity contribution is 7.10. The van der Waals surface area contributed by atoms with Crippen molar-refractivity contribution in [3.05, 3.63) is 57.3 Å². The SMILES string of the molecule is CCCOc1cccc(/C(O)=C2/C(=O)C(=O)N(CCN(CC)CC)C2c2sccc2C)c1. The van der Waals surface area contributed by atoms with Crippen molar-refractivity contribution >= 4 is 28.8 Å². The zero-order valence-corrected chi connectivity index (χ0v) is 20.1. The van der Waals surface area contributed by atoms with Gasteiger partial charge in [-0.25, -0.2) is 0 Å². The predicted octanol–water partition coefficient (Wildman–Crippen LogP) is 4.61. The maximum atomic E-state index is 13.1. The molecule has 0 bridgehead atoms. The molecule has 2 heterocycles. The van der Waals surface area contributed by atoms with E-state index in [1.165, 1.54) is 11.3 Å². The summed E-state index contributed by atoms with van der Waals surface area (Å²) in [4.78, 5) is 30.9. The molecular formula is C25H32N2O4S. The summed E-state index contributed by atoms with van der Waals surface area (Å²) in [5.74, 6) is -0.737. The minimum atomic E-state index is -0.639. The quantitative estimate of drug-likeness (QED) is 0.321. The Morgan fingerprint density at radius 3 is 2.56 bits per heavy atom. The van der Waals surface area contributed by atoms with Crippen molar-refractivity contribution < 1.29 is 19.4 Å². The normalized spacial score (nSPS) is 18.0. The van der Waals surface area contributed by atoms with Gasteiger partial charge < -0.3 is 19.6 Å². The van der Waals surface area contributed by atoms with Crippen molar-refractivity contribution in [3.63, 3.8) is 0 Å². The molecule has 1 fully saturated rings. The molecule has 1 aromatic carbocycles. The van der Waals surface area contributed by atoms with Crippen LogP contribution in [0.3, 0.4) is 0 Å². The number of amides is 1. The number of aliphatic hydroxyl groups excluding tert-OH is 1. The number of aliphatic hydroxyl groups is 1. The highest BCUT2D eigenvalue weighted by Crippen LogP contribution is 2.42. The number of carbonyl (C=O) groups excluding carboxylic acids is 2. The highest BCUT2D eigenvalue weighted by atomic mass is 32.1. The average molecular weight is 457 g/mol. The highest BCUT2D eigenvalue weighted by Gasteiger charge is 2.46. The van der Waals surface area contributed by atoms with Crippen LogP contribution in [-0.2, 0) is 9.59 Å². The first-order valence-corrected chi connectivity index (χ1v) is 12.1. The van der Waals surface area contributed by atoms with E-state index in [-0.39, 0.29) is 11.3 Å². The predicted molar refractivity (Wildman–Crippen MR) is 128 cm³/mol. The van der Waals surface area contributed by atoms with Gasteiger partial charge in [-0.15, -0.1) is 11.3 Å². The number of Topliss-reactive ketones (excluding diaryl/α,β-unsaturated/α-hetero) is 1. The summed E-state index contributed by atoms with van der Waals surface area (Å²) in [6.07, 6.45) is 0.867. The zero-order chi connectivity index (χ0) is 23.3. The van der Waals surface area contributed by atoms with Gasteiger partial charge in [0.05, 0.1) is 18.2 Å². The standard InChI is InChI=1S/C25H32N2O4S/c1-5-14-31-19-10-8-9-18(16-19)22(28)20-21(24-17(4)11-15-32-24)27(25(30)23(20)29)13-12-26(6-2)7-3/h8-11,15-16,21,28H,5-7,12-14H2,1-4H3/b22-20-. The lowest BCUT2D eigenvalue weighted by Gasteiger charge is -2.27. The van der Waals surface area contributed by atoms with Crippen molar-refractivity contribution in [2.24, 2.45) is 0 Å². The number of ketones is 1. The summed E-state index contributed by atoms with van der Waals surface area (Å²) in [5.41, 5.74) is 1.62. The third-order valence-electron chi connectivity index (χ3n) is 5.82. The van der Waals surface area contributed by atoms with Crippen LogP contribution in [0.25, 0.3) is 5.76 Å². The number of thiophene rings is 1. The number of hydrogen-bond acceptors (Lipinski definition) is 6. The minimum Gasteiger partial charge on any atom is -0.507 e. The summed E-state index contributed by atoms with van der Waals surface area (Å²) in [6, 6.07) is 8.43. The molecule has 6 nitrogen and oxygen atoms in total. The lowest BCUT2D eigenvalue weighted by molar-refractivity contribution is -0.140. The first kappa shape index (κ1) is 24.0. The van der Waals surface area contributed by atoms with Crippen molar-refractivity contribution in [2.75, 3.05) is 32.8 Å². The Balaban J connectivity index is 2.05. The smallest absolute Gasteiger partial charge is 0.295 e. The molecule has 1 aliphatic rings. The minimum absolute atomic E-state index is 0.146. The Hall–Kier alpha value is -2.64. The second kappa shape index (κ2) is 10.8. The number of aryl methyl sites for hydroxylation is 1. The molecule has 3 rings (SSSR count). The summed E-state index contributed by atoms with van der Waals surface area (Å²) < 4.78 is 5.69. The summed E-state index contributed by atoms with van der Waals surface area (Å²) in [6.45, 7) is 11.5. The molecule has 1 unspecified atom stereocenters. The van der Waals surface area contributed by atoms with Gasteiger partial charge in [0.1, 0.15) is 11.5 Å². The van der Waals surface area contributed by atoms with Crippen LogP contribution in [0.2, 0.25) is 0 Å². The topological polar surface area (TPSA) is 70.1 Å². The first-order chi connectivity index (χ1) is 15.4. The summed E-state index contributed by atoms with van der Waals surface area (Å²) in [5, 5.41) is 13.2. The number of rotatable bonds is 10. The van der Waals surface area contributed by atoms with E-state index in [1.54, 1.807) is 23.1 Å². The Morgan fingerprint density at radius 1 is 1.19 bits per heavy atom. The Morgan fingerprint density at radius 2 is 1.94 bits per heavy atom. The Kier molecular flexibility index (Phi) is 8.10. The third kappa shape index (κ3) is 4.89. The first-order valence-electron chi connectivity index (χ1n) is 11.2. The lowest BCUT2D eigenvalue weighted by atomic mass is 9.98. The molecule has 1 aromatic heterocycles. The van der Waals surface area contributed by atoms with Gasteiger partial charge in [0.2, 0.25) is 0 Å². The number of hydrogen-bond donors (Lipinski definition) is 1. The van der Waals surface area contributed by atoms with Crippen LogP contribution >= 0.6 is 11.3 Å². The molecule has 1 saturated heterocycles. The summed E-state index contributed by atoms with van der Waals surface area (Å²) >= 11 is 1.50. The van der Waals surface area contributed by atoms with E-state index < -0.39 is 17.7 Å². The Labute approximate surface area is 194 Å². The van der Waals surface area contributed by atoms with Gasteiger partial charge in [0.25, 0.3) is 11.7 Å². The molecule has 1 N–H and O–H groups in total. The van der Waals surface area contributed by atoms with Gasteiger partial charge in [-0.05, 0) is 55.6 Å². The maximum absolute atomic E-state index is 13.1. The van der Waals surface area contributed by atoms with Crippen molar-refractivity contribution in [1.82, 2.24) is 9.80 Å². The molecule has 172 valence electrons. The van der Waals surface area contributed by atoms with Crippen LogP contribution in [-0.4, -0.2) is 59.4 Å². The van der Waals surface area contributed by atoms with E-state index in [0.29, 0.717) is 31.0 Å². The number of nitrogens with zero attached hydrogens (tertiary/aromatic N) is 2. The van der Waals surface area contributed by atoms with Crippen molar-refractivity contribution in [1.29, 1.82) is 0 Å². The molecule has 2 aromatic rings. The fourth-order valence-electron chi connectivity index (χ4n) is 3.95. The monoisotopic (exact) mass is 456 g/mol. The molecule has 1 aliphatic heterocycles. The van der Waals surface area contributed by atoms with Gasteiger partial charge >= 0.3 is 0 Å². The average Bonchev–Trinajstić information content (AvgIpc) is 3.33. The number of likely N-dealkylation sites (tertiary alicyclic amines) is 1. The molecule has 7 heteroatoms. The van der Waals surface area contributed by atoms with Crippen LogP contribution < -0.4 is 4.74 Å². The van der Waals surface area contributed by atoms with Gasteiger partial charge in [0, 0.05) is 23.5 Å². The number of carbonyl (C=O) groups is 2. The molecule has 0 aliphatic carbocycles. The molecule has 1 atom stereocenters.